The number of nitrogens with zero attached hydrogens (tertiary/aromatic N) is 1. The first-order valence-corrected chi connectivity index (χ1v) is 13.8. The molecule has 1 atom stereocenters. The van der Waals surface area contributed by atoms with Gasteiger partial charge in [-0.15, -0.1) is 0 Å². The number of carbonyl (C=O) groups is 3. The maximum Gasteiger partial charge on any atom is 0.340 e. The maximum absolute atomic E-state index is 13.3. The minimum absolute atomic E-state index is 0.00901. The van der Waals surface area contributed by atoms with Crippen LogP contribution in [-0.2, 0) is 32.5 Å². The van der Waals surface area contributed by atoms with Crippen molar-refractivity contribution in [1.82, 2.24) is 9.29 Å². The van der Waals surface area contributed by atoms with E-state index >= 15 is 0 Å². The van der Waals surface area contributed by atoms with Crippen LogP contribution in [-0.4, -0.2) is 54.7 Å². The Morgan fingerprint density at radius 2 is 1.74 bits per heavy atom. The number of esters is 2. The monoisotopic (exact) mass is 538 g/mol. The van der Waals surface area contributed by atoms with Crippen LogP contribution >= 0.6 is 0 Å². The van der Waals surface area contributed by atoms with E-state index in [9.17, 15) is 22.8 Å². The van der Waals surface area contributed by atoms with Crippen molar-refractivity contribution in [2.24, 2.45) is 0 Å². The number of nitrogens with one attached hydrogen (secondary N) is 1. The van der Waals surface area contributed by atoms with Gasteiger partial charge in [-0.3, -0.25) is 4.79 Å². The van der Waals surface area contributed by atoms with Gasteiger partial charge >= 0.3 is 11.9 Å². The molecule has 1 N–H and O–H groups in total. The van der Waals surface area contributed by atoms with E-state index in [-0.39, 0.29) is 34.9 Å². The Bertz CT molecular complexity index is 1510. The van der Waals surface area contributed by atoms with Crippen LogP contribution < -0.4 is 0 Å². The Kier molecular flexibility index (Phi) is 7.84. The van der Waals surface area contributed by atoms with Crippen LogP contribution in [0.4, 0.5) is 0 Å². The Morgan fingerprint density at radius 3 is 2.45 bits per heavy atom. The fourth-order valence-electron chi connectivity index (χ4n) is 4.60. The highest BCUT2D eigenvalue weighted by atomic mass is 32.2. The van der Waals surface area contributed by atoms with Crippen molar-refractivity contribution >= 4 is 27.7 Å². The number of sulfonamides is 1. The zero-order valence-electron chi connectivity index (χ0n) is 21.7. The second kappa shape index (κ2) is 10.9. The zero-order valence-corrected chi connectivity index (χ0v) is 22.6. The fraction of sp³-hybridized carbons (Fsp3) is 0.321. The number of carbonyl (C=O) groups excluding carboxylic acids is 3. The molecule has 10 heteroatoms. The lowest BCUT2D eigenvalue weighted by Gasteiger charge is -2.28. The SMILES string of the molecule is CCOC(=O)c1c(C)[nH]c(C(=O)[C@@H](C)OC(=O)c2cccc(S(=O)(=O)N3CCc4ccccc4C3)c2)c1C. The lowest BCUT2D eigenvalue weighted by atomic mass is 10.0. The number of hydrogen-bond acceptors (Lipinski definition) is 7. The molecule has 2 heterocycles. The first kappa shape index (κ1) is 27.3. The van der Waals surface area contributed by atoms with Gasteiger partial charge in [0.1, 0.15) is 0 Å². The summed E-state index contributed by atoms with van der Waals surface area (Å²) in [5.74, 6) is -1.90. The lowest BCUT2D eigenvalue weighted by Crippen LogP contribution is -2.36. The first-order valence-electron chi connectivity index (χ1n) is 12.3. The van der Waals surface area contributed by atoms with Gasteiger partial charge in [-0.05, 0) is 69.0 Å². The van der Waals surface area contributed by atoms with Crippen LogP contribution in [0.3, 0.4) is 0 Å². The predicted octanol–water partition coefficient (Wildman–Crippen LogP) is 3.98. The molecule has 0 aliphatic carbocycles. The molecule has 3 aromatic rings. The molecule has 1 aromatic heterocycles. The summed E-state index contributed by atoms with van der Waals surface area (Å²) in [5.41, 5.74) is 3.38. The smallest absolute Gasteiger partial charge is 0.340 e. The van der Waals surface area contributed by atoms with Gasteiger partial charge in [-0.25, -0.2) is 18.0 Å². The van der Waals surface area contributed by atoms with E-state index in [1.165, 1.54) is 35.5 Å². The van der Waals surface area contributed by atoms with E-state index in [0.717, 1.165) is 11.1 Å². The van der Waals surface area contributed by atoms with Crippen molar-refractivity contribution < 1.29 is 32.3 Å². The summed E-state index contributed by atoms with van der Waals surface area (Å²) in [6.45, 7) is 7.16. The van der Waals surface area contributed by atoms with Gasteiger partial charge < -0.3 is 14.5 Å². The molecule has 200 valence electrons. The van der Waals surface area contributed by atoms with Gasteiger partial charge in [-0.1, -0.05) is 30.3 Å². The summed E-state index contributed by atoms with van der Waals surface area (Å²) >= 11 is 0. The van der Waals surface area contributed by atoms with E-state index in [4.69, 9.17) is 9.47 Å². The van der Waals surface area contributed by atoms with E-state index in [1.54, 1.807) is 20.8 Å². The number of aromatic nitrogens is 1. The quantitative estimate of drug-likeness (QED) is 0.340. The summed E-state index contributed by atoms with van der Waals surface area (Å²) in [6, 6.07) is 13.3. The molecule has 0 saturated carbocycles. The normalized spacial score (nSPS) is 14.4. The standard InChI is InChI=1S/C28H30N2O7S/c1-5-36-28(33)24-17(2)25(29-18(24)3)26(31)19(4)37-27(32)21-11-8-12-23(15-21)38(34,35)30-14-13-20-9-6-7-10-22(20)16-30/h6-12,15,19,29H,5,13-14,16H2,1-4H3/t19-/m1/s1. The van der Waals surface area contributed by atoms with Crippen molar-refractivity contribution in [3.05, 3.63) is 87.7 Å². The number of ether oxygens (including phenoxy) is 2. The highest BCUT2D eigenvalue weighted by Crippen LogP contribution is 2.26. The van der Waals surface area contributed by atoms with Crippen molar-refractivity contribution in [3.63, 3.8) is 0 Å². The second-order valence-electron chi connectivity index (χ2n) is 9.14. The predicted molar refractivity (Wildman–Crippen MR) is 140 cm³/mol. The third-order valence-corrected chi connectivity index (χ3v) is 8.46. The number of benzene rings is 2. The maximum atomic E-state index is 13.3. The Morgan fingerprint density at radius 1 is 1.03 bits per heavy atom. The number of hydrogen-bond donors (Lipinski definition) is 1. The van der Waals surface area contributed by atoms with E-state index < -0.39 is 33.8 Å². The Balaban J connectivity index is 1.50. The second-order valence-corrected chi connectivity index (χ2v) is 11.1. The molecule has 0 unspecified atom stereocenters. The average Bonchev–Trinajstić information content (AvgIpc) is 3.21. The molecule has 0 fully saturated rings. The molecular formula is C28H30N2O7S. The zero-order chi connectivity index (χ0) is 27.6. The molecule has 2 aromatic carbocycles. The molecule has 38 heavy (non-hydrogen) atoms. The minimum atomic E-state index is -3.86. The average molecular weight is 539 g/mol. The van der Waals surface area contributed by atoms with Crippen LogP contribution in [0, 0.1) is 13.8 Å². The molecule has 9 nitrogen and oxygen atoms in total. The molecule has 0 radical (unpaired) electrons. The van der Waals surface area contributed by atoms with Crippen LogP contribution in [0.15, 0.2) is 53.4 Å². The largest absolute Gasteiger partial charge is 0.462 e. The number of Topliss-reactive ketones (excluding diaryl/α,β-unsaturated/α-hetero) is 1. The molecular weight excluding hydrogens is 508 g/mol. The number of aromatic amines is 1. The number of H-pyrrole nitrogens is 1. The Hall–Kier alpha value is -3.76. The van der Waals surface area contributed by atoms with E-state index in [1.807, 2.05) is 24.3 Å². The molecule has 0 spiro atoms. The van der Waals surface area contributed by atoms with Crippen LogP contribution in [0.1, 0.15) is 67.4 Å². The number of fused-ring (bicyclic) bond motifs is 1. The summed E-state index contributed by atoms with van der Waals surface area (Å²) in [7, 11) is -3.86. The van der Waals surface area contributed by atoms with Crippen molar-refractivity contribution in [2.75, 3.05) is 13.2 Å². The topological polar surface area (TPSA) is 123 Å². The molecule has 0 bridgehead atoms. The third kappa shape index (κ3) is 5.27. The first-order chi connectivity index (χ1) is 18.0. The molecule has 0 saturated heterocycles. The molecule has 1 aliphatic heterocycles. The molecule has 1 aliphatic rings. The number of ketones is 1. The summed E-state index contributed by atoms with van der Waals surface area (Å²) in [6.07, 6.45) is -0.583. The summed E-state index contributed by atoms with van der Waals surface area (Å²) in [5, 5.41) is 0. The van der Waals surface area contributed by atoms with Gasteiger partial charge in [0.05, 0.1) is 28.3 Å². The van der Waals surface area contributed by atoms with Crippen molar-refractivity contribution in [2.45, 2.75) is 51.7 Å². The van der Waals surface area contributed by atoms with Gasteiger partial charge in [0.25, 0.3) is 0 Å². The van der Waals surface area contributed by atoms with Crippen molar-refractivity contribution in [3.8, 4) is 0 Å². The minimum Gasteiger partial charge on any atom is -0.462 e. The van der Waals surface area contributed by atoms with Crippen LogP contribution in [0.25, 0.3) is 0 Å². The van der Waals surface area contributed by atoms with Gasteiger partial charge in [0, 0.05) is 18.8 Å². The molecule has 4 rings (SSSR count). The Labute approximate surface area is 221 Å². The summed E-state index contributed by atoms with van der Waals surface area (Å²) < 4.78 is 38.5. The van der Waals surface area contributed by atoms with E-state index in [2.05, 4.69) is 4.98 Å². The fourth-order valence-corrected chi connectivity index (χ4v) is 6.06. The number of rotatable bonds is 8. The summed E-state index contributed by atoms with van der Waals surface area (Å²) in [4.78, 5) is 41.1. The highest BCUT2D eigenvalue weighted by Gasteiger charge is 2.30. The van der Waals surface area contributed by atoms with Gasteiger partial charge in [0.2, 0.25) is 15.8 Å². The van der Waals surface area contributed by atoms with E-state index in [0.29, 0.717) is 24.2 Å². The van der Waals surface area contributed by atoms with Gasteiger partial charge in [0.15, 0.2) is 6.10 Å². The van der Waals surface area contributed by atoms with Crippen molar-refractivity contribution in [1.29, 1.82) is 0 Å². The van der Waals surface area contributed by atoms with Crippen LogP contribution in [0.2, 0.25) is 0 Å². The lowest BCUT2D eigenvalue weighted by molar-refractivity contribution is 0.0316. The highest BCUT2D eigenvalue weighted by molar-refractivity contribution is 7.89. The van der Waals surface area contributed by atoms with Gasteiger partial charge in [-0.2, -0.15) is 4.31 Å². The molecule has 0 amide bonds. The number of aryl methyl sites for hydroxylation is 1. The van der Waals surface area contributed by atoms with Crippen LogP contribution in [0.5, 0.6) is 0 Å². The third-order valence-electron chi connectivity index (χ3n) is 6.62.